The molecule has 0 atom stereocenters. The summed E-state index contributed by atoms with van der Waals surface area (Å²) in [6.45, 7) is 0.481. The maximum atomic E-state index is 11.2. The second-order valence-corrected chi connectivity index (χ2v) is 2.78. The number of hydrogen-bond acceptors (Lipinski definition) is 5. The van der Waals surface area contributed by atoms with Gasteiger partial charge in [-0.1, -0.05) is 0 Å². The minimum absolute atomic E-state index is 0.167. The van der Waals surface area contributed by atoms with E-state index < -0.39 is 21.9 Å². The first-order valence-electron chi connectivity index (χ1n) is 3.85. The number of hydrogen-bond donors (Lipinski definition) is 1. The zero-order valence-corrected chi connectivity index (χ0v) is 6.97. The Hall–Kier alpha value is -2.05. The highest BCUT2D eigenvalue weighted by molar-refractivity contribution is 5.53. The second kappa shape index (κ2) is 2.72. The van der Waals surface area contributed by atoms with Crippen LogP contribution in [0.25, 0.3) is 0 Å². The number of rotatable bonds is 1. The summed E-state index contributed by atoms with van der Waals surface area (Å²) < 4.78 is 6.04. The molecule has 0 saturated heterocycles. The molecule has 2 rings (SSSR count). The van der Waals surface area contributed by atoms with Gasteiger partial charge in [-0.25, -0.2) is 0 Å². The van der Waals surface area contributed by atoms with Gasteiger partial charge >= 0.3 is 5.69 Å². The zero-order valence-electron chi connectivity index (χ0n) is 6.97. The van der Waals surface area contributed by atoms with E-state index in [1.807, 2.05) is 0 Å². The number of ether oxygens (including phenoxy) is 1. The smallest absolute Gasteiger partial charge is 0.370 e. The molecule has 0 fully saturated rings. The van der Waals surface area contributed by atoms with Crippen molar-refractivity contribution in [2.75, 3.05) is 6.61 Å². The fourth-order valence-electron chi connectivity index (χ4n) is 1.36. The Balaban J connectivity index is 2.78. The summed E-state index contributed by atoms with van der Waals surface area (Å²) in [6.07, 6.45) is 0. The van der Waals surface area contributed by atoms with Crippen molar-refractivity contribution in [2.24, 2.45) is 0 Å². The Labute approximate surface area is 77.3 Å². The minimum atomic E-state index is -0.772. The number of aromatic hydroxyl groups is 1. The van der Waals surface area contributed by atoms with Crippen LogP contribution in [0.1, 0.15) is 0 Å². The molecule has 0 aromatic carbocycles. The third kappa shape index (κ3) is 1.02. The maximum Gasteiger partial charge on any atom is 0.370 e. The third-order valence-corrected chi connectivity index (χ3v) is 1.95. The number of aromatic nitrogens is 1. The van der Waals surface area contributed by atoms with Crippen LogP contribution in [-0.2, 0) is 6.54 Å². The molecule has 2 heterocycles. The highest BCUT2D eigenvalue weighted by Gasteiger charge is 2.29. The number of fused-ring (bicyclic) bond motifs is 1. The van der Waals surface area contributed by atoms with Gasteiger partial charge in [-0.15, -0.1) is 0 Å². The average molecular weight is 198 g/mol. The molecule has 1 aromatic rings. The van der Waals surface area contributed by atoms with Gasteiger partial charge in [0.15, 0.2) is 0 Å². The van der Waals surface area contributed by atoms with Gasteiger partial charge in [0.2, 0.25) is 5.75 Å². The van der Waals surface area contributed by atoms with Crippen molar-refractivity contribution < 1.29 is 14.8 Å². The Morgan fingerprint density at radius 3 is 3.00 bits per heavy atom. The molecule has 0 radical (unpaired) electrons. The molecule has 0 saturated carbocycles. The number of nitrogens with zero attached hydrogens (tertiary/aromatic N) is 2. The van der Waals surface area contributed by atoms with Gasteiger partial charge in [0, 0.05) is 0 Å². The third-order valence-electron chi connectivity index (χ3n) is 1.95. The summed E-state index contributed by atoms with van der Waals surface area (Å²) in [5.74, 6) is -0.826. The summed E-state index contributed by atoms with van der Waals surface area (Å²) in [7, 11) is 0. The van der Waals surface area contributed by atoms with Crippen molar-refractivity contribution in [3.8, 4) is 11.6 Å². The SMILES string of the molecule is O=c1cc(O)c([N+](=O)[O-])c2n1CCO2. The Kier molecular flexibility index (Phi) is 1.66. The first-order valence-corrected chi connectivity index (χ1v) is 3.85. The Morgan fingerprint density at radius 1 is 1.64 bits per heavy atom. The molecule has 0 aliphatic carbocycles. The lowest BCUT2D eigenvalue weighted by molar-refractivity contribution is -0.387. The standard InChI is InChI=1S/C7H6N2O5/c10-4-3-5(11)8-1-2-14-7(8)6(4)9(12)13/h3,10H,1-2H2. The van der Waals surface area contributed by atoms with E-state index in [0.29, 0.717) is 0 Å². The lowest BCUT2D eigenvalue weighted by atomic mass is 10.3. The van der Waals surface area contributed by atoms with E-state index >= 15 is 0 Å². The van der Waals surface area contributed by atoms with Gasteiger partial charge in [-0.05, 0) is 0 Å². The topological polar surface area (TPSA) is 94.6 Å². The molecule has 7 heteroatoms. The molecular formula is C7H6N2O5. The van der Waals surface area contributed by atoms with Gasteiger partial charge in [-0.2, -0.15) is 0 Å². The quantitative estimate of drug-likeness (QED) is 0.500. The first kappa shape index (κ1) is 8.54. The zero-order chi connectivity index (χ0) is 10.3. The molecule has 0 amide bonds. The second-order valence-electron chi connectivity index (χ2n) is 2.78. The van der Waals surface area contributed by atoms with E-state index in [0.717, 1.165) is 10.6 Å². The van der Waals surface area contributed by atoms with E-state index in [1.54, 1.807) is 0 Å². The van der Waals surface area contributed by atoms with Crippen molar-refractivity contribution in [1.29, 1.82) is 0 Å². The maximum absolute atomic E-state index is 11.2. The van der Waals surface area contributed by atoms with Gasteiger partial charge in [-0.3, -0.25) is 19.5 Å². The molecule has 0 spiro atoms. The highest BCUT2D eigenvalue weighted by Crippen LogP contribution is 2.35. The van der Waals surface area contributed by atoms with Crippen LogP contribution >= 0.6 is 0 Å². The minimum Gasteiger partial charge on any atom is -0.502 e. The van der Waals surface area contributed by atoms with Crippen molar-refractivity contribution in [3.63, 3.8) is 0 Å². The van der Waals surface area contributed by atoms with E-state index in [1.165, 1.54) is 0 Å². The van der Waals surface area contributed by atoms with Gasteiger partial charge in [0.1, 0.15) is 6.61 Å². The van der Waals surface area contributed by atoms with Crippen molar-refractivity contribution in [1.82, 2.24) is 4.57 Å². The highest BCUT2D eigenvalue weighted by atomic mass is 16.6. The van der Waals surface area contributed by atoms with Gasteiger partial charge in [0.05, 0.1) is 17.5 Å². The lowest BCUT2D eigenvalue weighted by Crippen LogP contribution is -2.16. The first-order chi connectivity index (χ1) is 6.61. The number of pyridine rings is 1. The Morgan fingerprint density at radius 2 is 2.36 bits per heavy atom. The van der Waals surface area contributed by atoms with Crippen LogP contribution in [0.2, 0.25) is 0 Å². The fourth-order valence-corrected chi connectivity index (χ4v) is 1.36. The molecule has 74 valence electrons. The van der Waals surface area contributed by atoms with Gasteiger partial charge < -0.3 is 9.84 Å². The van der Waals surface area contributed by atoms with Crippen LogP contribution in [0.4, 0.5) is 5.69 Å². The molecule has 1 aliphatic rings. The molecular weight excluding hydrogens is 192 g/mol. The lowest BCUT2D eigenvalue weighted by Gasteiger charge is -2.02. The molecule has 1 N–H and O–H groups in total. The van der Waals surface area contributed by atoms with Crippen molar-refractivity contribution in [3.05, 3.63) is 26.5 Å². The predicted molar refractivity (Wildman–Crippen MR) is 44.5 cm³/mol. The summed E-state index contributed by atoms with van der Waals surface area (Å²) in [4.78, 5) is 21.0. The van der Waals surface area contributed by atoms with Crippen LogP contribution in [0.15, 0.2) is 10.9 Å². The summed E-state index contributed by atoms with van der Waals surface area (Å²) >= 11 is 0. The van der Waals surface area contributed by atoms with Crippen LogP contribution in [0.3, 0.4) is 0 Å². The monoisotopic (exact) mass is 198 g/mol. The van der Waals surface area contributed by atoms with E-state index in [2.05, 4.69) is 0 Å². The van der Waals surface area contributed by atoms with Gasteiger partial charge in [0.25, 0.3) is 11.4 Å². The molecule has 0 unspecified atom stereocenters. The van der Waals surface area contributed by atoms with E-state index in [-0.39, 0.29) is 19.0 Å². The average Bonchev–Trinajstić information content (AvgIpc) is 2.51. The summed E-state index contributed by atoms with van der Waals surface area (Å²) in [5, 5.41) is 19.7. The fraction of sp³-hybridized carbons (Fsp3) is 0.286. The van der Waals surface area contributed by atoms with Crippen LogP contribution < -0.4 is 10.3 Å². The summed E-state index contributed by atoms with van der Waals surface area (Å²) in [6, 6.07) is 0.816. The van der Waals surface area contributed by atoms with Crippen LogP contribution in [0.5, 0.6) is 11.6 Å². The van der Waals surface area contributed by atoms with E-state index in [4.69, 9.17) is 4.74 Å². The molecule has 7 nitrogen and oxygen atoms in total. The summed E-state index contributed by atoms with van der Waals surface area (Å²) in [5.41, 5.74) is -1.05. The molecule has 1 aliphatic heterocycles. The largest absolute Gasteiger partial charge is 0.502 e. The van der Waals surface area contributed by atoms with Crippen LogP contribution in [0, 0.1) is 10.1 Å². The number of nitro groups is 1. The van der Waals surface area contributed by atoms with Crippen molar-refractivity contribution in [2.45, 2.75) is 6.54 Å². The van der Waals surface area contributed by atoms with E-state index in [9.17, 15) is 20.0 Å². The normalized spacial score (nSPS) is 13.4. The Bertz CT molecular complexity index is 464. The molecule has 14 heavy (non-hydrogen) atoms. The van der Waals surface area contributed by atoms with Crippen LogP contribution in [-0.4, -0.2) is 21.2 Å². The van der Waals surface area contributed by atoms with Crippen molar-refractivity contribution >= 4 is 5.69 Å². The predicted octanol–water partition coefficient (Wildman–Crippen LogP) is -0.146. The molecule has 0 bridgehead atoms. The molecule has 1 aromatic heterocycles.